The molecule has 0 unspecified atom stereocenters. The average Bonchev–Trinajstić information content (AvgIpc) is 2.62. The number of carboxylic acid groups (broad SMARTS) is 1. The van der Waals surface area contributed by atoms with Crippen LogP contribution in [0.15, 0.2) is 59.7 Å². The van der Waals surface area contributed by atoms with Crippen molar-refractivity contribution < 1.29 is 19.7 Å². The minimum atomic E-state index is -0.919. The molecule has 1 fully saturated rings. The molecular formula is C26H30O4. The van der Waals surface area contributed by atoms with E-state index in [-0.39, 0.29) is 17.0 Å². The molecule has 0 saturated carbocycles. The van der Waals surface area contributed by atoms with Gasteiger partial charge in [-0.1, -0.05) is 42.0 Å². The Hall–Kier alpha value is -2.85. The molecule has 2 aromatic carbocycles. The van der Waals surface area contributed by atoms with Crippen molar-refractivity contribution in [3.8, 4) is 5.75 Å². The molecule has 2 aromatic rings. The van der Waals surface area contributed by atoms with Crippen LogP contribution in [0, 0.1) is 0 Å². The third-order valence-corrected chi connectivity index (χ3v) is 5.26. The zero-order valence-corrected chi connectivity index (χ0v) is 18.3. The van der Waals surface area contributed by atoms with E-state index in [4.69, 9.17) is 9.84 Å². The number of benzene rings is 2. The predicted octanol–water partition coefficient (Wildman–Crippen LogP) is 6.05. The van der Waals surface area contributed by atoms with Crippen LogP contribution in [-0.4, -0.2) is 27.4 Å². The second-order valence-electron chi connectivity index (χ2n) is 9.25. The van der Waals surface area contributed by atoms with Gasteiger partial charge in [0.25, 0.3) is 0 Å². The van der Waals surface area contributed by atoms with E-state index in [2.05, 4.69) is 27.7 Å². The van der Waals surface area contributed by atoms with Crippen molar-refractivity contribution in [1.29, 1.82) is 0 Å². The summed E-state index contributed by atoms with van der Waals surface area (Å²) in [6.07, 6.45) is 3.29. The molecule has 2 N–H and O–H groups in total. The van der Waals surface area contributed by atoms with Gasteiger partial charge in [0.2, 0.25) is 0 Å². The van der Waals surface area contributed by atoms with E-state index < -0.39 is 5.97 Å². The number of rotatable bonds is 4. The van der Waals surface area contributed by atoms with Crippen molar-refractivity contribution in [3.63, 3.8) is 0 Å². The van der Waals surface area contributed by atoms with Crippen LogP contribution in [0.5, 0.6) is 5.75 Å². The molecule has 0 aliphatic carbocycles. The number of carboxylic acids is 1. The number of aromatic hydroxyl groups is 1. The van der Waals surface area contributed by atoms with Crippen LogP contribution >= 0.6 is 0 Å². The highest BCUT2D eigenvalue weighted by Gasteiger charge is 2.37. The minimum absolute atomic E-state index is 0.236. The smallest absolute Gasteiger partial charge is 0.331 e. The number of phenols is 1. The highest BCUT2D eigenvalue weighted by Crippen LogP contribution is 2.43. The largest absolute Gasteiger partial charge is 0.508 e. The van der Waals surface area contributed by atoms with E-state index in [1.807, 2.05) is 36.4 Å². The third-order valence-electron chi connectivity index (χ3n) is 5.26. The van der Waals surface area contributed by atoms with Crippen molar-refractivity contribution >= 4 is 17.6 Å². The fraction of sp³-hybridized carbons (Fsp3) is 0.346. The number of hydrogen-bond acceptors (Lipinski definition) is 3. The van der Waals surface area contributed by atoms with Gasteiger partial charge in [0, 0.05) is 5.57 Å². The van der Waals surface area contributed by atoms with Gasteiger partial charge < -0.3 is 14.9 Å². The summed E-state index contributed by atoms with van der Waals surface area (Å²) in [5, 5.41) is 18.9. The summed E-state index contributed by atoms with van der Waals surface area (Å²) in [5.74, 6) is -0.682. The maximum absolute atomic E-state index is 11.1. The van der Waals surface area contributed by atoms with Crippen molar-refractivity contribution in [2.75, 3.05) is 0 Å². The summed E-state index contributed by atoms with van der Waals surface area (Å²) >= 11 is 0. The second-order valence-corrected chi connectivity index (χ2v) is 9.25. The van der Waals surface area contributed by atoms with E-state index in [9.17, 15) is 9.90 Å². The van der Waals surface area contributed by atoms with Gasteiger partial charge in [0.05, 0.1) is 11.2 Å². The predicted molar refractivity (Wildman–Crippen MR) is 120 cm³/mol. The quantitative estimate of drug-likeness (QED) is 0.607. The number of phenolic OH excluding ortho intramolecular Hbond substituents is 1. The zero-order chi connectivity index (χ0) is 22.1. The molecule has 4 heteroatoms. The molecule has 158 valence electrons. The van der Waals surface area contributed by atoms with Gasteiger partial charge in [-0.05, 0) is 87.9 Å². The third kappa shape index (κ3) is 5.19. The SMILES string of the molecule is CC(=Cc1ccc(C(=C2CC(C)(C)OC(C)(C)C2)c2ccc(O)cc2)cc1)C(=O)O. The van der Waals surface area contributed by atoms with Crippen molar-refractivity contribution in [2.45, 2.75) is 58.7 Å². The first-order valence-corrected chi connectivity index (χ1v) is 10.2. The summed E-state index contributed by atoms with van der Waals surface area (Å²) in [6.45, 7) is 10.1. The minimum Gasteiger partial charge on any atom is -0.508 e. The second kappa shape index (κ2) is 8.11. The Labute approximate surface area is 178 Å². The fourth-order valence-electron chi connectivity index (χ4n) is 4.35. The standard InChI is InChI=1S/C26H30O4/c1-17(24(28)29)14-18-6-8-19(9-7-18)23(20-10-12-22(27)13-11-20)21-15-25(2,3)30-26(4,5)16-21/h6-14,27H,15-16H2,1-5H3,(H,28,29). The first kappa shape index (κ1) is 21.8. The molecular weight excluding hydrogens is 376 g/mol. The van der Waals surface area contributed by atoms with Crippen LogP contribution in [0.3, 0.4) is 0 Å². The maximum atomic E-state index is 11.1. The summed E-state index contributed by atoms with van der Waals surface area (Å²) in [5.41, 5.74) is 5.16. The zero-order valence-electron chi connectivity index (χ0n) is 18.3. The Morgan fingerprint density at radius 3 is 1.83 bits per heavy atom. The normalized spacial score (nSPS) is 18.2. The average molecular weight is 407 g/mol. The molecule has 30 heavy (non-hydrogen) atoms. The van der Waals surface area contributed by atoms with Crippen molar-refractivity contribution in [2.24, 2.45) is 0 Å². The van der Waals surface area contributed by atoms with E-state index in [1.165, 1.54) is 5.57 Å². The van der Waals surface area contributed by atoms with Crippen LogP contribution in [0.4, 0.5) is 0 Å². The van der Waals surface area contributed by atoms with Gasteiger partial charge in [-0.25, -0.2) is 4.79 Å². The van der Waals surface area contributed by atoms with E-state index in [1.54, 1.807) is 25.1 Å². The van der Waals surface area contributed by atoms with Gasteiger partial charge in [0.15, 0.2) is 0 Å². The van der Waals surface area contributed by atoms with Crippen molar-refractivity contribution in [3.05, 3.63) is 76.4 Å². The van der Waals surface area contributed by atoms with Gasteiger partial charge in [0.1, 0.15) is 5.75 Å². The fourth-order valence-corrected chi connectivity index (χ4v) is 4.35. The molecule has 1 aliphatic heterocycles. The lowest BCUT2D eigenvalue weighted by molar-refractivity contribution is -0.138. The maximum Gasteiger partial charge on any atom is 0.331 e. The van der Waals surface area contributed by atoms with E-state index in [0.29, 0.717) is 5.57 Å². The lowest BCUT2D eigenvalue weighted by Gasteiger charge is -2.43. The summed E-state index contributed by atoms with van der Waals surface area (Å²) in [7, 11) is 0. The molecule has 0 aromatic heterocycles. The molecule has 1 aliphatic rings. The lowest BCUT2D eigenvalue weighted by atomic mass is 9.79. The molecule has 4 nitrogen and oxygen atoms in total. The Morgan fingerprint density at radius 1 is 0.900 bits per heavy atom. The lowest BCUT2D eigenvalue weighted by Crippen LogP contribution is -2.42. The molecule has 3 rings (SSSR count). The number of aliphatic carboxylic acids is 1. The Morgan fingerprint density at radius 2 is 1.37 bits per heavy atom. The van der Waals surface area contributed by atoms with Crippen LogP contribution in [0.1, 0.15) is 64.2 Å². The van der Waals surface area contributed by atoms with Gasteiger partial charge in [-0.3, -0.25) is 0 Å². The van der Waals surface area contributed by atoms with Gasteiger partial charge in [-0.15, -0.1) is 0 Å². The Kier molecular flexibility index (Phi) is 5.91. The highest BCUT2D eigenvalue weighted by molar-refractivity contribution is 5.91. The molecule has 1 heterocycles. The van der Waals surface area contributed by atoms with E-state index in [0.717, 1.165) is 35.1 Å². The van der Waals surface area contributed by atoms with Crippen LogP contribution in [-0.2, 0) is 9.53 Å². The molecule has 0 bridgehead atoms. The molecule has 0 radical (unpaired) electrons. The van der Waals surface area contributed by atoms with Crippen LogP contribution in [0.2, 0.25) is 0 Å². The Bertz CT molecular complexity index is 972. The summed E-state index contributed by atoms with van der Waals surface area (Å²) < 4.78 is 6.28. The van der Waals surface area contributed by atoms with Crippen LogP contribution < -0.4 is 0 Å². The highest BCUT2D eigenvalue weighted by atomic mass is 16.5. The topological polar surface area (TPSA) is 66.8 Å². The molecule has 0 spiro atoms. The van der Waals surface area contributed by atoms with Crippen LogP contribution in [0.25, 0.3) is 11.6 Å². The van der Waals surface area contributed by atoms with Gasteiger partial charge in [-0.2, -0.15) is 0 Å². The molecule has 1 saturated heterocycles. The Balaban J connectivity index is 2.12. The first-order valence-electron chi connectivity index (χ1n) is 10.2. The van der Waals surface area contributed by atoms with Crippen molar-refractivity contribution in [1.82, 2.24) is 0 Å². The monoisotopic (exact) mass is 406 g/mol. The number of ether oxygens (including phenoxy) is 1. The first-order chi connectivity index (χ1) is 14.0. The summed E-state index contributed by atoms with van der Waals surface area (Å²) in [6, 6.07) is 15.2. The van der Waals surface area contributed by atoms with E-state index >= 15 is 0 Å². The number of carbonyl (C=O) groups is 1. The summed E-state index contributed by atoms with van der Waals surface area (Å²) in [4.78, 5) is 11.1. The van der Waals surface area contributed by atoms with Gasteiger partial charge >= 0.3 is 5.97 Å². The number of hydrogen-bond donors (Lipinski definition) is 2. The molecule has 0 atom stereocenters. The molecule has 0 amide bonds.